The predicted octanol–water partition coefficient (Wildman–Crippen LogP) is 1.49. The summed E-state index contributed by atoms with van der Waals surface area (Å²) in [5.74, 6) is 0.0413. The number of carbonyl (C=O) groups is 1. The Morgan fingerprint density at radius 2 is 1.85 bits per heavy atom. The van der Waals surface area contributed by atoms with Crippen LogP contribution < -0.4 is 16.4 Å². The molecule has 8 heteroatoms. The maximum absolute atomic E-state index is 12.8. The van der Waals surface area contributed by atoms with Crippen molar-refractivity contribution < 1.29 is 4.79 Å². The molecule has 0 aliphatic carbocycles. The standard InChI is InChI=1S/C19H26N4O3.ClH/c1-2-12-22(14-7-10-20-11-8-14)17(24)9-13-23-19(26)16-6-4-3-5-15(16)18(25)21-23;/h3-6,14,20H,2,7-13H2,1H3,(H,21,25);1H. The number of carbonyl (C=O) groups excluding carboxylic acids is 1. The Hall–Kier alpha value is -2.12. The number of aromatic nitrogens is 2. The first-order chi connectivity index (χ1) is 12.6. The summed E-state index contributed by atoms with van der Waals surface area (Å²) in [5, 5.41) is 6.67. The second kappa shape index (κ2) is 9.71. The molecule has 1 aromatic carbocycles. The number of nitrogens with zero attached hydrogens (tertiary/aromatic N) is 2. The third-order valence-electron chi connectivity index (χ3n) is 4.97. The fourth-order valence-electron chi connectivity index (χ4n) is 3.63. The zero-order valence-corrected chi connectivity index (χ0v) is 16.4. The smallest absolute Gasteiger partial charge is 0.273 e. The molecule has 0 unspecified atom stereocenters. The molecule has 148 valence electrons. The predicted molar refractivity (Wildman–Crippen MR) is 109 cm³/mol. The zero-order valence-electron chi connectivity index (χ0n) is 15.6. The number of hydrogen-bond donors (Lipinski definition) is 2. The van der Waals surface area contributed by atoms with E-state index in [0.717, 1.165) is 38.9 Å². The van der Waals surface area contributed by atoms with Gasteiger partial charge in [0.2, 0.25) is 5.91 Å². The Morgan fingerprint density at radius 1 is 1.19 bits per heavy atom. The van der Waals surface area contributed by atoms with Crippen molar-refractivity contribution in [1.82, 2.24) is 20.0 Å². The van der Waals surface area contributed by atoms with Gasteiger partial charge < -0.3 is 10.2 Å². The molecular weight excluding hydrogens is 368 g/mol. The van der Waals surface area contributed by atoms with Crippen molar-refractivity contribution in [1.29, 1.82) is 0 Å². The summed E-state index contributed by atoms with van der Waals surface area (Å²) in [6.45, 7) is 4.83. The zero-order chi connectivity index (χ0) is 18.5. The van der Waals surface area contributed by atoms with Gasteiger partial charge in [-0.15, -0.1) is 12.4 Å². The maximum Gasteiger partial charge on any atom is 0.273 e. The van der Waals surface area contributed by atoms with E-state index in [1.54, 1.807) is 24.3 Å². The van der Waals surface area contributed by atoms with E-state index in [0.29, 0.717) is 10.8 Å². The van der Waals surface area contributed by atoms with Crippen LogP contribution in [0.25, 0.3) is 10.8 Å². The van der Waals surface area contributed by atoms with Crippen LogP contribution in [0.1, 0.15) is 32.6 Å². The number of aromatic amines is 1. The molecule has 0 spiro atoms. The third-order valence-corrected chi connectivity index (χ3v) is 4.97. The molecule has 7 nitrogen and oxygen atoms in total. The van der Waals surface area contributed by atoms with E-state index < -0.39 is 0 Å². The lowest BCUT2D eigenvalue weighted by atomic mass is 10.0. The first-order valence-corrected chi connectivity index (χ1v) is 9.34. The Labute approximate surface area is 164 Å². The van der Waals surface area contributed by atoms with Gasteiger partial charge in [0, 0.05) is 19.0 Å². The molecule has 1 aliphatic heterocycles. The molecular formula is C19H27ClN4O3. The molecule has 1 saturated heterocycles. The van der Waals surface area contributed by atoms with Crippen LogP contribution in [0.4, 0.5) is 0 Å². The molecule has 3 rings (SSSR count). The van der Waals surface area contributed by atoms with Crippen LogP contribution in [-0.2, 0) is 11.3 Å². The van der Waals surface area contributed by atoms with Gasteiger partial charge in [-0.25, -0.2) is 4.68 Å². The Morgan fingerprint density at radius 3 is 2.52 bits per heavy atom. The van der Waals surface area contributed by atoms with E-state index >= 15 is 0 Å². The summed E-state index contributed by atoms with van der Waals surface area (Å²) in [7, 11) is 0. The molecule has 2 aromatic rings. The van der Waals surface area contributed by atoms with E-state index in [4.69, 9.17) is 0 Å². The summed E-state index contributed by atoms with van der Waals surface area (Å²) in [4.78, 5) is 39.4. The van der Waals surface area contributed by atoms with Gasteiger partial charge in [-0.1, -0.05) is 19.1 Å². The Bertz CT molecular complexity index is 886. The van der Waals surface area contributed by atoms with Crippen LogP contribution >= 0.6 is 12.4 Å². The summed E-state index contributed by atoms with van der Waals surface area (Å²) >= 11 is 0. The van der Waals surface area contributed by atoms with Gasteiger partial charge in [0.05, 0.1) is 17.3 Å². The van der Waals surface area contributed by atoms with Gasteiger partial charge in [0.15, 0.2) is 0 Å². The highest BCUT2D eigenvalue weighted by Gasteiger charge is 2.24. The van der Waals surface area contributed by atoms with Gasteiger partial charge in [-0.05, 0) is 44.5 Å². The van der Waals surface area contributed by atoms with Crippen molar-refractivity contribution in [3.63, 3.8) is 0 Å². The van der Waals surface area contributed by atoms with Gasteiger partial charge in [0.1, 0.15) is 0 Å². The van der Waals surface area contributed by atoms with Gasteiger partial charge in [-0.3, -0.25) is 19.5 Å². The average molecular weight is 395 g/mol. The van der Waals surface area contributed by atoms with Crippen LogP contribution in [0.15, 0.2) is 33.9 Å². The minimum atomic E-state index is -0.309. The van der Waals surface area contributed by atoms with E-state index in [1.807, 2.05) is 4.90 Å². The molecule has 27 heavy (non-hydrogen) atoms. The maximum atomic E-state index is 12.8. The lowest BCUT2D eigenvalue weighted by Crippen LogP contribution is -2.47. The first kappa shape index (κ1) is 21.2. The molecule has 0 atom stereocenters. The van der Waals surface area contributed by atoms with Crippen molar-refractivity contribution in [3.8, 4) is 0 Å². The number of piperidine rings is 1. The second-order valence-corrected chi connectivity index (χ2v) is 6.76. The monoisotopic (exact) mass is 394 g/mol. The summed E-state index contributed by atoms with van der Waals surface area (Å²) in [6, 6.07) is 7.00. The number of rotatable bonds is 6. The molecule has 0 bridgehead atoms. The highest BCUT2D eigenvalue weighted by atomic mass is 35.5. The van der Waals surface area contributed by atoms with Crippen LogP contribution in [0.5, 0.6) is 0 Å². The van der Waals surface area contributed by atoms with Gasteiger partial charge >= 0.3 is 0 Å². The Kier molecular flexibility index (Phi) is 7.62. The van der Waals surface area contributed by atoms with E-state index in [1.165, 1.54) is 4.68 Å². The number of hydrogen-bond acceptors (Lipinski definition) is 4. The van der Waals surface area contributed by atoms with Crippen LogP contribution in [0.2, 0.25) is 0 Å². The number of aryl methyl sites for hydroxylation is 1. The van der Waals surface area contributed by atoms with Crippen LogP contribution in [0, 0.1) is 0 Å². The third kappa shape index (κ3) is 4.78. The van der Waals surface area contributed by atoms with Crippen molar-refractivity contribution in [2.45, 2.75) is 45.2 Å². The minimum absolute atomic E-state index is 0. The minimum Gasteiger partial charge on any atom is -0.340 e. The number of nitrogens with one attached hydrogen (secondary N) is 2. The van der Waals surface area contributed by atoms with Crippen LogP contribution in [0.3, 0.4) is 0 Å². The Balaban J connectivity index is 0.00000261. The number of halogens is 1. The average Bonchev–Trinajstić information content (AvgIpc) is 2.68. The summed E-state index contributed by atoms with van der Waals surface area (Å²) < 4.78 is 1.26. The quantitative estimate of drug-likeness (QED) is 0.777. The highest BCUT2D eigenvalue weighted by Crippen LogP contribution is 2.14. The molecule has 0 radical (unpaired) electrons. The number of H-pyrrole nitrogens is 1. The second-order valence-electron chi connectivity index (χ2n) is 6.76. The normalized spacial score (nSPS) is 14.7. The molecule has 0 saturated carbocycles. The van der Waals surface area contributed by atoms with Crippen molar-refractivity contribution in [2.75, 3.05) is 19.6 Å². The fraction of sp³-hybridized carbons (Fsp3) is 0.526. The van der Waals surface area contributed by atoms with Crippen molar-refractivity contribution in [2.24, 2.45) is 0 Å². The SMILES string of the molecule is CCCN(C(=O)CCn1[nH]c(=O)c2ccccc2c1=O)C1CCNCC1.Cl. The van der Waals surface area contributed by atoms with Gasteiger partial charge in [-0.2, -0.15) is 0 Å². The highest BCUT2D eigenvalue weighted by molar-refractivity contribution is 5.85. The molecule has 1 fully saturated rings. The van der Waals surface area contributed by atoms with E-state index in [9.17, 15) is 14.4 Å². The molecule has 1 aromatic heterocycles. The van der Waals surface area contributed by atoms with Crippen LogP contribution in [-0.4, -0.2) is 46.3 Å². The molecule has 1 aliphatic rings. The van der Waals surface area contributed by atoms with E-state index in [2.05, 4.69) is 17.3 Å². The lowest BCUT2D eigenvalue weighted by Gasteiger charge is -2.34. The summed E-state index contributed by atoms with van der Waals surface area (Å²) in [6.07, 6.45) is 3.03. The van der Waals surface area contributed by atoms with Crippen molar-refractivity contribution >= 4 is 29.1 Å². The first-order valence-electron chi connectivity index (χ1n) is 9.34. The number of fused-ring (bicyclic) bond motifs is 1. The van der Waals surface area contributed by atoms with Crippen molar-refractivity contribution in [3.05, 3.63) is 45.0 Å². The largest absolute Gasteiger partial charge is 0.340 e. The fourth-order valence-corrected chi connectivity index (χ4v) is 3.63. The molecule has 2 heterocycles. The number of benzene rings is 1. The lowest BCUT2D eigenvalue weighted by molar-refractivity contribution is -0.134. The summed E-state index contributed by atoms with van der Waals surface area (Å²) in [5.41, 5.74) is -0.576. The number of amides is 1. The van der Waals surface area contributed by atoms with Gasteiger partial charge in [0.25, 0.3) is 11.1 Å². The molecule has 1 amide bonds. The topological polar surface area (TPSA) is 87.2 Å². The molecule has 2 N–H and O–H groups in total. The van der Waals surface area contributed by atoms with E-state index in [-0.39, 0.29) is 48.4 Å².